The molecule has 88 valence electrons. The molecule has 17 heavy (non-hydrogen) atoms. The van der Waals surface area contributed by atoms with Crippen molar-refractivity contribution in [1.82, 2.24) is 15.0 Å². The first-order valence-corrected chi connectivity index (χ1v) is 6.63. The molecule has 0 radical (unpaired) electrons. The molecule has 1 saturated carbocycles. The van der Waals surface area contributed by atoms with Crippen molar-refractivity contribution >= 4 is 17.2 Å². The molecular formula is C12H14N4S. The summed E-state index contributed by atoms with van der Waals surface area (Å²) in [7, 11) is 1.88. The molecule has 0 aliphatic heterocycles. The Bertz CT molecular complexity index is 545. The smallest absolute Gasteiger partial charge is 0.190 e. The molecule has 0 aromatic carbocycles. The molecule has 0 bridgehead atoms. The van der Waals surface area contributed by atoms with E-state index in [9.17, 15) is 0 Å². The van der Waals surface area contributed by atoms with E-state index >= 15 is 0 Å². The average molecular weight is 246 g/mol. The zero-order valence-electron chi connectivity index (χ0n) is 9.90. The molecule has 0 amide bonds. The molecule has 3 rings (SSSR count). The van der Waals surface area contributed by atoms with Gasteiger partial charge in [0.15, 0.2) is 10.8 Å². The van der Waals surface area contributed by atoms with E-state index in [0.29, 0.717) is 5.92 Å². The van der Waals surface area contributed by atoms with E-state index in [1.54, 1.807) is 11.3 Å². The van der Waals surface area contributed by atoms with E-state index in [2.05, 4.69) is 20.3 Å². The third-order valence-electron chi connectivity index (χ3n) is 2.81. The number of nitrogens with one attached hydrogen (secondary N) is 1. The molecule has 1 N–H and O–H groups in total. The van der Waals surface area contributed by atoms with Crippen molar-refractivity contribution in [2.45, 2.75) is 25.7 Å². The molecule has 2 heterocycles. The van der Waals surface area contributed by atoms with Gasteiger partial charge in [0.05, 0.1) is 0 Å². The van der Waals surface area contributed by atoms with Gasteiger partial charge >= 0.3 is 0 Å². The van der Waals surface area contributed by atoms with E-state index in [0.717, 1.165) is 28.0 Å². The van der Waals surface area contributed by atoms with Gasteiger partial charge in [-0.1, -0.05) is 0 Å². The van der Waals surface area contributed by atoms with E-state index in [-0.39, 0.29) is 0 Å². The Labute approximate surface area is 104 Å². The monoisotopic (exact) mass is 246 g/mol. The first-order valence-electron chi connectivity index (χ1n) is 5.75. The van der Waals surface area contributed by atoms with Gasteiger partial charge in [0.1, 0.15) is 5.82 Å². The summed E-state index contributed by atoms with van der Waals surface area (Å²) in [5, 5.41) is 6.03. The van der Waals surface area contributed by atoms with Gasteiger partial charge in [0.25, 0.3) is 0 Å². The van der Waals surface area contributed by atoms with Gasteiger partial charge in [0, 0.05) is 35.8 Å². The summed E-state index contributed by atoms with van der Waals surface area (Å²) in [5.41, 5.74) is 2.17. The number of rotatable bonds is 3. The molecule has 2 aromatic rings. The van der Waals surface area contributed by atoms with Gasteiger partial charge in [-0.25, -0.2) is 15.0 Å². The molecule has 0 spiro atoms. The Kier molecular flexibility index (Phi) is 2.55. The number of aryl methyl sites for hydroxylation is 1. The second kappa shape index (κ2) is 4.07. The maximum Gasteiger partial charge on any atom is 0.190 e. The lowest BCUT2D eigenvalue weighted by atomic mass is 10.2. The molecule has 1 fully saturated rings. The fourth-order valence-electron chi connectivity index (χ4n) is 1.73. The number of anilines is 1. The van der Waals surface area contributed by atoms with Gasteiger partial charge in [-0.15, -0.1) is 11.3 Å². The summed E-state index contributed by atoms with van der Waals surface area (Å²) < 4.78 is 0. The molecule has 1 aliphatic carbocycles. The number of hydrogen-bond donors (Lipinski definition) is 1. The van der Waals surface area contributed by atoms with Gasteiger partial charge in [0.2, 0.25) is 0 Å². The highest BCUT2D eigenvalue weighted by Crippen LogP contribution is 2.40. The van der Waals surface area contributed by atoms with Crippen molar-refractivity contribution < 1.29 is 0 Å². The molecule has 0 saturated heterocycles. The van der Waals surface area contributed by atoms with Crippen LogP contribution >= 0.6 is 11.3 Å². The first-order chi connectivity index (χ1) is 8.26. The lowest BCUT2D eigenvalue weighted by molar-refractivity contribution is 0.991. The van der Waals surface area contributed by atoms with Crippen LogP contribution in [0.1, 0.15) is 30.1 Å². The summed E-state index contributed by atoms with van der Waals surface area (Å²) in [6.45, 7) is 1.99. The predicted molar refractivity (Wildman–Crippen MR) is 69.4 cm³/mol. The van der Waals surface area contributed by atoms with Crippen LogP contribution in [0.4, 0.5) is 5.82 Å². The maximum atomic E-state index is 4.62. The summed E-state index contributed by atoms with van der Waals surface area (Å²) in [4.78, 5) is 13.5. The molecule has 0 atom stereocenters. The van der Waals surface area contributed by atoms with E-state index < -0.39 is 0 Å². The van der Waals surface area contributed by atoms with Crippen LogP contribution in [0.2, 0.25) is 0 Å². The van der Waals surface area contributed by atoms with Crippen LogP contribution in [0, 0.1) is 6.92 Å². The number of nitrogens with zero attached hydrogens (tertiary/aromatic N) is 3. The Morgan fingerprint density at radius 1 is 1.29 bits per heavy atom. The predicted octanol–water partition coefficient (Wildman–Crippen LogP) is 2.83. The molecular weight excluding hydrogens is 232 g/mol. The highest BCUT2D eigenvalue weighted by atomic mass is 32.1. The van der Waals surface area contributed by atoms with Crippen LogP contribution in [-0.4, -0.2) is 22.0 Å². The van der Waals surface area contributed by atoms with Crippen LogP contribution in [0.5, 0.6) is 0 Å². The first kappa shape index (κ1) is 10.7. The van der Waals surface area contributed by atoms with Crippen molar-refractivity contribution in [2.24, 2.45) is 0 Å². The lowest BCUT2D eigenvalue weighted by Gasteiger charge is -2.05. The molecule has 5 heteroatoms. The highest BCUT2D eigenvalue weighted by Gasteiger charge is 2.26. The molecule has 0 unspecified atom stereocenters. The number of hydrogen-bond acceptors (Lipinski definition) is 5. The fraction of sp³-hybridized carbons (Fsp3) is 0.417. The SMILES string of the molecule is CNc1cc(C2CC2)nc(-c2nc(C)cs2)n1. The minimum Gasteiger partial charge on any atom is -0.373 e. The maximum absolute atomic E-state index is 4.62. The van der Waals surface area contributed by atoms with Crippen molar-refractivity contribution in [2.75, 3.05) is 12.4 Å². The zero-order valence-corrected chi connectivity index (χ0v) is 10.7. The van der Waals surface area contributed by atoms with Crippen molar-refractivity contribution in [3.8, 4) is 10.8 Å². The standard InChI is InChI=1S/C12H14N4S/c1-7-6-17-12(14-7)11-15-9(8-3-4-8)5-10(13-2)16-11/h5-6,8H,3-4H2,1-2H3,(H,13,15,16). The fourth-order valence-corrected chi connectivity index (χ4v) is 2.46. The Hall–Kier alpha value is -1.49. The molecule has 2 aromatic heterocycles. The Balaban J connectivity index is 2.05. The van der Waals surface area contributed by atoms with Gasteiger partial charge in [-0.05, 0) is 19.8 Å². The normalized spacial score (nSPS) is 14.9. The van der Waals surface area contributed by atoms with Crippen molar-refractivity contribution in [3.63, 3.8) is 0 Å². The summed E-state index contributed by atoms with van der Waals surface area (Å²) in [6, 6.07) is 2.04. The second-order valence-corrected chi connectivity index (χ2v) is 5.18. The van der Waals surface area contributed by atoms with Gasteiger partial charge in [-0.3, -0.25) is 0 Å². The molecule has 4 nitrogen and oxygen atoms in total. The third-order valence-corrected chi connectivity index (χ3v) is 3.76. The van der Waals surface area contributed by atoms with Gasteiger partial charge < -0.3 is 5.32 Å². The summed E-state index contributed by atoms with van der Waals surface area (Å²) >= 11 is 1.60. The van der Waals surface area contributed by atoms with E-state index in [1.807, 2.05) is 25.4 Å². The minimum absolute atomic E-state index is 0.630. The van der Waals surface area contributed by atoms with Crippen molar-refractivity contribution in [3.05, 3.63) is 22.8 Å². The van der Waals surface area contributed by atoms with Crippen molar-refractivity contribution in [1.29, 1.82) is 0 Å². The van der Waals surface area contributed by atoms with Gasteiger partial charge in [-0.2, -0.15) is 0 Å². The Morgan fingerprint density at radius 3 is 2.71 bits per heavy atom. The van der Waals surface area contributed by atoms with Crippen LogP contribution in [0.25, 0.3) is 10.8 Å². The number of thiazole rings is 1. The quantitative estimate of drug-likeness (QED) is 0.904. The Morgan fingerprint density at radius 2 is 2.12 bits per heavy atom. The number of aromatic nitrogens is 3. The van der Waals surface area contributed by atoms with Crippen LogP contribution in [0.15, 0.2) is 11.4 Å². The van der Waals surface area contributed by atoms with Crippen LogP contribution < -0.4 is 5.32 Å². The summed E-state index contributed by atoms with van der Waals surface area (Å²) in [6.07, 6.45) is 2.49. The third kappa shape index (κ3) is 2.15. The zero-order chi connectivity index (χ0) is 11.8. The lowest BCUT2D eigenvalue weighted by Crippen LogP contribution is -2.00. The van der Waals surface area contributed by atoms with Crippen LogP contribution in [0.3, 0.4) is 0 Å². The van der Waals surface area contributed by atoms with Crippen LogP contribution in [-0.2, 0) is 0 Å². The van der Waals surface area contributed by atoms with E-state index in [1.165, 1.54) is 12.8 Å². The average Bonchev–Trinajstić information content (AvgIpc) is 3.11. The minimum atomic E-state index is 0.630. The highest BCUT2D eigenvalue weighted by molar-refractivity contribution is 7.13. The second-order valence-electron chi connectivity index (χ2n) is 4.32. The van der Waals surface area contributed by atoms with E-state index in [4.69, 9.17) is 0 Å². The topological polar surface area (TPSA) is 50.7 Å². The largest absolute Gasteiger partial charge is 0.373 e. The molecule has 1 aliphatic rings. The summed E-state index contributed by atoms with van der Waals surface area (Å²) in [5.74, 6) is 2.26.